The van der Waals surface area contributed by atoms with Crippen LogP contribution in [0.4, 0.5) is 29.3 Å². The summed E-state index contributed by atoms with van der Waals surface area (Å²) in [6.07, 6.45) is -3.29. The lowest BCUT2D eigenvalue weighted by molar-refractivity contribution is -0.274. The van der Waals surface area contributed by atoms with E-state index in [4.69, 9.17) is 0 Å². The van der Waals surface area contributed by atoms with Crippen molar-refractivity contribution in [3.05, 3.63) is 84.2 Å². The number of amidine groups is 1. The molecule has 40 heavy (non-hydrogen) atoms. The minimum Gasteiger partial charge on any atom is -0.406 e. The number of anilines is 2. The topological polar surface area (TPSA) is 84.6 Å². The predicted octanol–water partition coefficient (Wildman–Crippen LogP) is 6.98. The van der Waals surface area contributed by atoms with Gasteiger partial charge in [-0.15, -0.1) is 18.3 Å². The van der Waals surface area contributed by atoms with E-state index in [1.807, 2.05) is 6.07 Å². The first-order valence-corrected chi connectivity index (χ1v) is 13.3. The molecule has 206 valence electrons. The highest BCUT2D eigenvalue weighted by Crippen LogP contribution is 2.35. The van der Waals surface area contributed by atoms with Gasteiger partial charge in [0.05, 0.1) is 5.69 Å². The molecule has 1 aliphatic rings. The number of nitrogens with one attached hydrogen (secondary N) is 1. The van der Waals surface area contributed by atoms with Crippen LogP contribution in [0, 0.1) is 13.8 Å². The SMILES string of the molecule is Cc1cccc(C)c1N1/C(=N\C(=O)Nc2ccc(-c3ncn(-c4ccc(OC(F)(F)F)cc4)n3)cc2)SCC1C. The van der Waals surface area contributed by atoms with Crippen LogP contribution in [-0.2, 0) is 0 Å². The largest absolute Gasteiger partial charge is 0.573 e. The summed E-state index contributed by atoms with van der Waals surface area (Å²) >= 11 is 1.55. The van der Waals surface area contributed by atoms with Crippen LogP contribution in [0.15, 0.2) is 78.0 Å². The molecular weight excluding hydrogens is 541 g/mol. The second kappa shape index (κ2) is 11.0. The number of aromatic nitrogens is 3. The van der Waals surface area contributed by atoms with Gasteiger partial charge in [0, 0.05) is 28.7 Å². The number of amides is 2. The molecule has 2 heterocycles. The number of aryl methyl sites for hydroxylation is 2. The van der Waals surface area contributed by atoms with E-state index in [9.17, 15) is 18.0 Å². The zero-order chi connectivity index (χ0) is 28.4. The molecule has 1 unspecified atom stereocenters. The summed E-state index contributed by atoms with van der Waals surface area (Å²) in [5.74, 6) is 0.924. The number of urea groups is 1. The number of hydrogen-bond donors (Lipinski definition) is 1. The Morgan fingerprint density at radius 2 is 1.73 bits per heavy atom. The third kappa shape index (κ3) is 6.12. The maximum atomic E-state index is 12.8. The Labute approximate surface area is 232 Å². The van der Waals surface area contributed by atoms with Crippen molar-refractivity contribution >= 4 is 34.3 Å². The van der Waals surface area contributed by atoms with E-state index in [2.05, 4.69) is 62.9 Å². The van der Waals surface area contributed by atoms with E-state index < -0.39 is 12.4 Å². The van der Waals surface area contributed by atoms with Gasteiger partial charge in [-0.25, -0.2) is 14.5 Å². The third-order valence-electron chi connectivity index (χ3n) is 6.20. The minimum absolute atomic E-state index is 0.203. The Morgan fingerprint density at radius 1 is 1.05 bits per heavy atom. The number of carbonyl (C=O) groups excluding carboxylic acids is 1. The number of benzene rings is 3. The molecule has 2 amide bonds. The fraction of sp³-hybridized carbons (Fsp3) is 0.214. The second-order valence-electron chi connectivity index (χ2n) is 9.23. The highest BCUT2D eigenvalue weighted by atomic mass is 32.2. The van der Waals surface area contributed by atoms with Crippen molar-refractivity contribution in [2.24, 2.45) is 4.99 Å². The number of carbonyl (C=O) groups is 1. The number of para-hydroxylation sites is 1. The number of rotatable bonds is 5. The van der Waals surface area contributed by atoms with E-state index in [-0.39, 0.29) is 11.8 Å². The van der Waals surface area contributed by atoms with Gasteiger partial charge in [0.1, 0.15) is 12.1 Å². The van der Waals surface area contributed by atoms with Crippen LogP contribution >= 0.6 is 11.8 Å². The van der Waals surface area contributed by atoms with Crippen LogP contribution in [-0.4, -0.2) is 44.1 Å². The van der Waals surface area contributed by atoms with E-state index in [1.54, 1.807) is 36.0 Å². The summed E-state index contributed by atoms with van der Waals surface area (Å²) in [6, 6.07) is 18.1. The molecule has 1 aromatic heterocycles. The minimum atomic E-state index is -4.75. The first-order valence-electron chi connectivity index (χ1n) is 12.3. The third-order valence-corrected chi connectivity index (χ3v) is 7.39. The lowest BCUT2D eigenvalue weighted by Gasteiger charge is -2.26. The van der Waals surface area contributed by atoms with Gasteiger partial charge < -0.3 is 15.0 Å². The van der Waals surface area contributed by atoms with Crippen molar-refractivity contribution in [2.45, 2.75) is 33.2 Å². The van der Waals surface area contributed by atoms with Crippen LogP contribution in [0.2, 0.25) is 0 Å². The zero-order valence-electron chi connectivity index (χ0n) is 21.8. The normalized spacial score (nSPS) is 16.4. The molecular formula is C28H25F3N6O2S. The van der Waals surface area contributed by atoms with Gasteiger partial charge in [0.2, 0.25) is 0 Å². The van der Waals surface area contributed by atoms with Crippen LogP contribution in [0.3, 0.4) is 0 Å². The number of nitrogens with zero attached hydrogens (tertiary/aromatic N) is 5. The Hall–Kier alpha value is -4.32. The molecule has 1 saturated heterocycles. The van der Waals surface area contributed by atoms with Gasteiger partial charge in [-0.3, -0.25) is 0 Å². The predicted molar refractivity (Wildman–Crippen MR) is 150 cm³/mol. The van der Waals surface area contributed by atoms with Crippen molar-refractivity contribution in [1.29, 1.82) is 0 Å². The molecule has 3 aromatic carbocycles. The number of alkyl halides is 3. The fourth-order valence-corrected chi connectivity index (χ4v) is 5.47. The number of aliphatic imine (C=N–C) groups is 1. The average molecular weight is 567 g/mol. The first-order chi connectivity index (χ1) is 19.1. The lowest BCUT2D eigenvalue weighted by atomic mass is 10.1. The number of ether oxygens (including phenoxy) is 1. The Morgan fingerprint density at radius 3 is 2.38 bits per heavy atom. The van der Waals surface area contributed by atoms with Crippen LogP contribution in [0.1, 0.15) is 18.1 Å². The molecule has 1 N–H and O–H groups in total. The summed E-state index contributed by atoms with van der Waals surface area (Å²) in [5, 5.41) is 7.87. The molecule has 0 saturated carbocycles. The summed E-state index contributed by atoms with van der Waals surface area (Å²) in [5.41, 5.74) is 5.11. The lowest BCUT2D eigenvalue weighted by Crippen LogP contribution is -2.33. The van der Waals surface area contributed by atoms with E-state index in [0.29, 0.717) is 27.9 Å². The summed E-state index contributed by atoms with van der Waals surface area (Å²) < 4.78 is 42.5. The van der Waals surface area contributed by atoms with Crippen LogP contribution in [0.5, 0.6) is 5.75 Å². The molecule has 5 rings (SSSR count). The molecule has 0 spiro atoms. The van der Waals surface area contributed by atoms with Crippen LogP contribution in [0.25, 0.3) is 17.1 Å². The van der Waals surface area contributed by atoms with Crippen molar-refractivity contribution < 1.29 is 22.7 Å². The summed E-state index contributed by atoms with van der Waals surface area (Å²) in [4.78, 5) is 23.6. The van der Waals surface area contributed by atoms with Gasteiger partial charge >= 0.3 is 12.4 Å². The summed E-state index contributed by atoms with van der Waals surface area (Å²) in [7, 11) is 0. The van der Waals surface area contributed by atoms with Gasteiger partial charge in [-0.05, 0) is 80.4 Å². The standard InChI is InChI=1S/C28H25F3N6O2S/c1-17-5-4-6-18(2)24(17)37-19(3)15-40-27(37)34-26(38)33-21-9-7-20(8-10-21)25-32-16-36(35-25)22-11-13-23(14-12-22)39-28(29,30)31/h4-14,16,19H,15H2,1-3H3,(H,33,38)/b34-27+. The summed E-state index contributed by atoms with van der Waals surface area (Å²) in [6.45, 7) is 6.22. The molecule has 1 aliphatic heterocycles. The number of thioether (sulfide) groups is 1. The molecule has 4 aromatic rings. The molecule has 0 bridgehead atoms. The van der Waals surface area contributed by atoms with Gasteiger partial charge in [-0.2, -0.15) is 4.99 Å². The van der Waals surface area contributed by atoms with Crippen molar-refractivity contribution in [3.8, 4) is 22.8 Å². The fourth-order valence-electron chi connectivity index (χ4n) is 4.38. The Kier molecular flexibility index (Phi) is 7.53. The van der Waals surface area contributed by atoms with Gasteiger partial charge in [0.15, 0.2) is 11.0 Å². The van der Waals surface area contributed by atoms with Crippen molar-refractivity contribution in [2.75, 3.05) is 16.0 Å². The second-order valence-corrected chi connectivity index (χ2v) is 10.2. The van der Waals surface area contributed by atoms with Gasteiger partial charge in [-0.1, -0.05) is 30.0 Å². The molecule has 0 aliphatic carbocycles. The quantitative estimate of drug-likeness (QED) is 0.281. The molecule has 0 radical (unpaired) electrons. The Balaban J connectivity index is 1.26. The smallest absolute Gasteiger partial charge is 0.406 e. The molecule has 8 nitrogen and oxygen atoms in total. The maximum Gasteiger partial charge on any atom is 0.573 e. The molecule has 1 fully saturated rings. The average Bonchev–Trinajstić information content (AvgIpc) is 3.52. The van der Waals surface area contributed by atoms with Gasteiger partial charge in [0.25, 0.3) is 0 Å². The molecule has 12 heteroatoms. The van der Waals surface area contributed by atoms with Crippen LogP contribution < -0.4 is 15.0 Å². The van der Waals surface area contributed by atoms with Crippen molar-refractivity contribution in [3.63, 3.8) is 0 Å². The maximum absolute atomic E-state index is 12.8. The highest BCUT2D eigenvalue weighted by Gasteiger charge is 2.31. The van der Waals surface area contributed by atoms with E-state index >= 15 is 0 Å². The number of halogens is 3. The first kappa shape index (κ1) is 27.3. The monoisotopic (exact) mass is 566 g/mol. The highest BCUT2D eigenvalue weighted by molar-refractivity contribution is 8.14. The van der Waals surface area contributed by atoms with E-state index in [1.165, 1.54) is 35.3 Å². The Bertz CT molecular complexity index is 1530. The number of hydrogen-bond acceptors (Lipinski definition) is 5. The molecule has 1 atom stereocenters. The zero-order valence-corrected chi connectivity index (χ0v) is 22.6. The van der Waals surface area contributed by atoms with E-state index in [0.717, 1.165) is 22.6 Å². The van der Waals surface area contributed by atoms with Crippen molar-refractivity contribution in [1.82, 2.24) is 14.8 Å².